The fraction of sp³-hybridized carbons (Fsp3) is 0.500. The van der Waals surface area contributed by atoms with Gasteiger partial charge in [-0.1, -0.05) is 18.0 Å². The molecular formula is C14H19ClFNO2. The van der Waals surface area contributed by atoms with Crippen LogP contribution in [0, 0.1) is 5.82 Å². The number of hydrogen-bond donors (Lipinski definition) is 1. The van der Waals surface area contributed by atoms with E-state index in [1.54, 1.807) is 13.0 Å². The van der Waals surface area contributed by atoms with E-state index in [1.165, 1.54) is 12.1 Å². The summed E-state index contributed by atoms with van der Waals surface area (Å²) in [6, 6.07) is 4.27. The quantitative estimate of drug-likeness (QED) is 0.580. The third-order valence-corrected chi connectivity index (χ3v) is 2.92. The number of nitrogens with one attached hydrogen (secondary N) is 1. The second kappa shape index (κ2) is 8.75. The molecule has 0 atom stereocenters. The molecule has 3 nitrogen and oxygen atoms in total. The summed E-state index contributed by atoms with van der Waals surface area (Å²) in [4.78, 5) is 11.1. The van der Waals surface area contributed by atoms with Crippen LogP contribution in [-0.4, -0.2) is 19.1 Å². The summed E-state index contributed by atoms with van der Waals surface area (Å²) in [6.45, 7) is 2.98. The van der Waals surface area contributed by atoms with Gasteiger partial charge in [0.1, 0.15) is 5.82 Å². The van der Waals surface area contributed by atoms with Crippen molar-refractivity contribution in [1.29, 1.82) is 0 Å². The molecule has 0 aliphatic carbocycles. The molecule has 0 spiro atoms. The predicted molar refractivity (Wildman–Crippen MR) is 75.0 cm³/mol. The van der Waals surface area contributed by atoms with Crippen LogP contribution in [-0.2, 0) is 9.53 Å². The Kier molecular flexibility index (Phi) is 7.26. The standard InChI is InChI=1S/C14H19ClFNO2/c1-2-19-14(18)6-4-3-5-9-17-13-8-7-11(16)10-12(13)15/h7-8,10,17H,2-6,9H2,1H3. The van der Waals surface area contributed by atoms with Crippen LogP contribution in [0.1, 0.15) is 32.6 Å². The van der Waals surface area contributed by atoms with Crippen molar-refractivity contribution in [1.82, 2.24) is 0 Å². The number of benzene rings is 1. The molecule has 0 amide bonds. The van der Waals surface area contributed by atoms with Crippen LogP contribution in [0.15, 0.2) is 18.2 Å². The summed E-state index contributed by atoms with van der Waals surface area (Å²) in [7, 11) is 0. The zero-order chi connectivity index (χ0) is 14.1. The minimum atomic E-state index is -0.343. The van der Waals surface area contributed by atoms with Gasteiger partial charge in [-0.2, -0.15) is 0 Å². The number of unbranched alkanes of at least 4 members (excludes halogenated alkanes) is 2. The first-order valence-corrected chi connectivity index (χ1v) is 6.86. The Morgan fingerprint density at radius 1 is 1.37 bits per heavy atom. The maximum atomic E-state index is 12.8. The molecule has 0 heterocycles. The number of esters is 1. The summed E-state index contributed by atoms with van der Waals surface area (Å²) < 4.78 is 17.7. The topological polar surface area (TPSA) is 38.3 Å². The number of hydrogen-bond acceptors (Lipinski definition) is 3. The van der Waals surface area contributed by atoms with Crippen molar-refractivity contribution in [2.24, 2.45) is 0 Å². The molecule has 0 aromatic heterocycles. The third kappa shape index (κ3) is 6.43. The predicted octanol–water partition coefficient (Wildman–Crippen LogP) is 4.01. The highest BCUT2D eigenvalue weighted by molar-refractivity contribution is 6.33. The van der Waals surface area contributed by atoms with Crippen molar-refractivity contribution >= 4 is 23.3 Å². The summed E-state index contributed by atoms with van der Waals surface area (Å²) in [6.07, 6.45) is 3.14. The molecule has 1 aromatic carbocycles. The van der Waals surface area contributed by atoms with Gasteiger partial charge in [-0.3, -0.25) is 4.79 Å². The van der Waals surface area contributed by atoms with Crippen molar-refractivity contribution in [3.8, 4) is 0 Å². The Hall–Kier alpha value is -1.29. The summed E-state index contributed by atoms with van der Waals surface area (Å²) >= 11 is 5.88. The second-order valence-electron chi connectivity index (χ2n) is 4.17. The summed E-state index contributed by atoms with van der Waals surface area (Å²) in [5.41, 5.74) is 0.730. The first-order chi connectivity index (χ1) is 9.13. The lowest BCUT2D eigenvalue weighted by Crippen LogP contribution is -2.05. The molecule has 1 rings (SSSR count). The Labute approximate surface area is 118 Å². The van der Waals surface area contributed by atoms with Gasteiger partial charge in [0.15, 0.2) is 0 Å². The van der Waals surface area contributed by atoms with Crippen molar-refractivity contribution < 1.29 is 13.9 Å². The molecule has 0 aliphatic rings. The Balaban J connectivity index is 2.12. The van der Waals surface area contributed by atoms with Gasteiger partial charge < -0.3 is 10.1 Å². The van der Waals surface area contributed by atoms with Gasteiger partial charge in [0.05, 0.1) is 17.3 Å². The molecular weight excluding hydrogens is 269 g/mol. The Morgan fingerprint density at radius 2 is 2.16 bits per heavy atom. The average molecular weight is 288 g/mol. The van der Waals surface area contributed by atoms with Crippen molar-refractivity contribution in [3.05, 3.63) is 29.0 Å². The molecule has 0 saturated heterocycles. The Bertz CT molecular complexity index is 412. The zero-order valence-electron chi connectivity index (χ0n) is 11.0. The maximum Gasteiger partial charge on any atom is 0.305 e. The van der Waals surface area contributed by atoms with Crippen LogP contribution >= 0.6 is 11.6 Å². The molecule has 0 aliphatic heterocycles. The second-order valence-corrected chi connectivity index (χ2v) is 4.57. The number of ether oxygens (including phenoxy) is 1. The van der Waals surface area contributed by atoms with Gasteiger partial charge >= 0.3 is 5.97 Å². The molecule has 1 aromatic rings. The van der Waals surface area contributed by atoms with E-state index in [0.717, 1.165) is 31.5 Å². The van der Waals surface area contributed by atoms with Gasteiger partial charge in [-0.05, 0) is 38.0 Å². The van der Waals surface area contributed by atoms with E-state index in [2.05, 4.69) is 5.32 Å². The monoisotopic (exact) mass is 287 g/mol. The fourth-order valence-electron chi connectivity index (χ4n) is 1.66. The molecule has 0 saturated carbocycles. The van der Waals surface area contributed by atoms with E-state index in [4.69, 9.17) is 16.3 Å². The Morgan fingerprint density at radius 3 is 2.84 bits per heavy atom. The van der Waals surface area contributed by atoms with Crippen LogP contribution in [0.5, 0.6) is 0 Å². The molecule has 1 N–H and O–H groups in total. The third-order valence-electron chi connectivity index (χ3n) is 2.61. The van der Waals surface area contributed by atoms with Crippen molar-refractivity contribution in [2.75, 3.05) is 18.5 Å². The highest BCUT2D eigenvalue weighted by Gasteiger charge is 2.02. The van der Waals surface area contributed by atoms with Gasteiger partial charge in [0.2, 0.25) is 0 Å². The molecule has 0 unspecified atom stereocenters. The molecule has 0 bridgehead atoms. The fourth-order valence-corrected chi connectivity index (χ4v) is 1.89. The van der Waals surface area contributed by atoms with E-state index in [9.17, 15) is 9.18 Å². The number of carbonyl (C=O) groups is 1. The SMILES string of the molecule is CCOC(=O)CCCCCNc1ccc(F)cc1Cl. The lowest BCUT2D eigenvalue weighted by Gasteiger charge is -2.08. The van der Waals surface area contributed by atoms with Gasteiger partial charge in [-0.15, -0.1) is 0 Å². The minimum absolute atomic E-state index is 0.142. The lowest BCUT2D eigenvalue weighted by atomic mass is 10.2. The molecule has 106 valence electrons. The smallest absolute Gasteiger partial charge is 0.305 e. The van der Waals surface area contributed by atoms with E-state index in [0.29, 0.717) is 18.1 Å². The number of rotatable bonds is 8. The minimum Gasteiger partial charge on any atom is -0.466 e. The van der Waals surface area contributed by atoms with Gasteiger partial charge in [-0.25, -0.2) is 4.39 Å². The summed E-state index contributed by atoms with van der Waals surface area (Å²) in [5, 5.41) is 3.52. The molecule has 0 fully saturated rings. The van der Waals surface area contributed by atoms with E-state index >= 15 is 0 Å². The van der Waals surface area contributed by atoms with Crippen LogP contribution < -0.4 is 5.32 Å². The highest BCUT2D eigenvalue weighted by Crippen LogP contribution is 2.22. The average Bonchev–Trinajstić information content (AvgIpc) is 2.36. The molecule has 19 heavy (non-hydrogen) atoms. The largest absolute Gasteiger partial charge is 0.466 e. The number of anilines is 1. The normalized spacial score (nSPS) is 10.3. The number of halogens is 2. The van der Waals surface area contributed by atoms with Crippen LogP contribution in [0.3, 0.4) is 0 Å². The van der Waals surface area contributed by atoms with Crippen LogP contribution in [0.2, 0.25) is 5.02 Å². The van der Waals surface area contributed by atoms with Crippen LogP contribution in [0.4, 0.5) is 10.1 Å². The van der Waals surface area contributed by atoms with Crippen LogP contribution in [0.25, 0.3) is 0 Å². The summed E-state index contributed by atoms with van der Waals surface area (Å²) in [5.74, 6) is -0.484. The lowest BCUT2D eigenvalue weighted by molar-refractivity contribution is -0.143. The number of carbonyl (C=O) groups excluding carboxylic acids is 1. The molecule has 5 heteroatoms. The van der Waals surface area contributed by atoms with Gasteiger partial charge in [0, 0.05) is 13.0 Å². The first-order valence-electron chi connectivity index (χ1n) is 6.48. The first kappa shape index (κ1) is 15.8. The van der Waals surface area contributed by atoms with Gasteiger partial charge in [0.25, 0.3) is 0 Å². The maximum absolute atomic E-state index is 12.8. The highest BCUT2D eigenvalue weighted by atomic mass is 35.5. The zero-order valence-corrected chi connectivity index (χ0v) is 11.8. The van der Waals surface area contributed by atoms with Crippen molar-refractivity contribution in [2.45, 2.75) is 32.6 Å². The van der Waals surface area contributed by atoms with E-state index in [-0.39, 0.29) is 11.8 Å². The van der Waals surface area contributed by atoms with E-state index in [1.807, 2.05) is 0 Å². The van der Waals surface area contributed by atoms with E-state index < -0.39 is 0 Å². The van der Waals surface area contributed by atoms with Crippen molar-refractivity contribution in [3.63, 3.8) is 0 Å². The molecule has 0 radical (unpaired) electrons.